The average Bonchev–Trinajstić information content (AvgIpc) is 2.42. The highest BCUT2D eigenvalue weighted by Crippen LogP contribution is 2.22. The molecule has 1 aliphatic heterocycles. The molecule has 0 radical (unpaired) electrons. The summed E-state index contributed by atoms with van der Waals surface area (Å²) in [6.45, 7) is 1.66. The number of anilines is 1. The summed E-state index contributed by atoms with van der Waals surface area (Å²) in [7, 11) is 1.51. The van der Waals surface area contributed by atoms with Crippen LogP contribution in [0.15, 0.2) is 18.2 Å². The van der Waals surface area contributed by atoms with Crippen LogP contribution < -0.4 is 15.4 Å². The number of amides is 1. The van der Waals surface area contributed by atoms with E-state index in [1.165, 1.54) is 25.3 Å². The van der Waals surface area contributed by atoms with Gasteiger partial charge in [0.25, 0.3) is 0 Å². The molecular weight excluding hydrogens is 271 g/mol. The molecule has 1 aromatic rings. The molecule has 0 atom stereocenters. The first-order valence-corrected chi connectivity index (χ1v) is 6.06. The summed E-state index contributed by atoms with van der Waals surface area (Å²) in [6.07, 6.45) is 1.58. The summed E-state index contributed by atoms with van der Waals surface area (Å²) >= 11 is 0. The molecule has 0 bridgehead atoms. The monoisotopic (exact) mass is 288 g/mol. The molecule has 19 heavy (non-hydrogen) atoms. The van der Waals surface area contributed by atoms with E-state index in [2.05, 4.69) is 10.6 Å². The van der Waals surface area contributed by atoms with Gasteiger partial charge in [-0.2, -0.15) is 0 Å². The molecule has 2 N–H and O–H groups in total. The van der Waals surface area contributed by atoms with Gasteiger partial charge < -0.3 is 15.4 Å². The zero-order valence-electron chi connectivity index (χ0n) is 10.7. The van der Waals surface area contributed by atoms with Crippen LogP contribution in [0.2, 0.25) is 0 Å². The van der Waals surface area contributed by atoms with Crippen LogP contribution in [-0.4, -0.2) is 26.1 Å². The molecule has 0 aliphatic carbocycles. The van der Waals surface area contributed by atoms with Crippen molar-refractivity contribution in [2.75, 3.05) is 25.5 Å². The van der Waals surface area contributed by atoms with Crippen LogP contribution in [0.3, 0.4) is 0 Å². The number of piperidine rings is 1. The van der Waals surface area contributed by atoms with Crippen molar-refractivity contribution in [3.05, 3.63) is 24.0 Å². The number of halogens is 2. The van der Waals surface area contributed by atoms with E-state index in [0.717, 1.165) is 25.9 Å². The molecule has 0 unspecified atom stereocenters. The Morgan fingerprint density at radius 3 is 2.74 bits per heavy atom. The van der Waals surface area contributed by atoms with E-state index in [1.54, 1.807) is 0 Å². The number of carbonyl (C=O) groups is 1. The highest BCUT2D eigenvalue weighted by molar-refractivity contribution is 5.92. The largest absolute Gasteiger partial charge is 0.497 e. The van der Waals surface area contributed by atoms with Crippen LogP contribution in [0, 0.1) is 11.7 Å². The Kier molecular flexibility index (Phi) is 6.05. The Labute approximate surface area is 118 Å². The molecule has 1 aliphatic rings. The maximum atomic E-state index is 13.6. The second-order valence-electron chi connectivity index (χ2n) is 4.36. The Hall–Kier alpha value is -1.33. The summed E-state index contributed by atoms with van der Waals surface area (Å²) in [4.78, 5) is 12.0. The van der Waals surface area contributed by atoms with Crippen molar-refractivity contribution >= 4 is 24.0 Å². The third kappa shape index (κ3) is 4.08. The van der Waals surface area contributed by atoms with Crippen molar-refractivity contribution in [1.82, 2.24) is 5.32 Å². The van der Waals surface area contributed by atoms with Crippen molar-refractivity contribution in [2.24, 2.45) is 5.92 Å². The third-order valence-electron chi connectivity index (χ3n) is 3.14. The minimum atomic E-state index is -0.446. The number of carbonyl (C=O) groups excluding carboxylic acids is 1. The van der Waals surface area contributed by atoms with E-state index >= 15 is 0 Å². The molecule has 0 spiro atoms. The second kappa shape index (κ2) is 7.31. The summed E-state index contributed by atoms with van der Waals surface area (Å²) in [5.74, 6) is -0.0874. The van der Waals surface area contributed by atoms with E-state index in [-0.39, 0.29) is 29.9 Å². The minimum Gasteiger partial charge on any atom is -0.497 e. The first-order valence-electron chi connectivity index (χ1n) is 6.06. The summed E-state index contributed by atoms with van der Waals surface area (Å²) in [6, 6.07) is 4.31. The summed E-state index contributed by atoms with van der Waals surface area (Å²) in [5, 5.41) is 5.82. The molecule has 2 rings (SSSR count). The topological polar surface area (TPSA) is 50.4 Å². The maximum Gasteiger partial charge on any atom is 0.227 e. The average molecular weight is 289 g/mol. The molecule has 1 aromatic carbocycles. The fraction of sp³-hybridized carbons (Fsp3) is 0.462. The number of rotatable bonds is 3. The first kappa shape index (κ1) is 15.7. The van der Waals surface area contributed by atoms with Crippen LogP contribution in [0.4, 0.5) is 10.1 Å². The fourth-order valence-corrected chi connectivity index (χ4v) is 2.05. The second-order valence-corrected chi connectivity index (χ2v) is 4.36. The zero-order chi connectivity index (χ0) is 13.0. The van der Waals surface area contributed by atoms with Crippen molar-refractivity contribution in [3.8, 4) is 5.75 Å². The van der Waals surface area contributed by atoms with Crippen LogP contribution in [0.5, 0.6) is 5.75 Å². The van der Waals surface area contributed by atoms with Gasteiger partial charge in [-0.15, -0.1) is 12.4 Å². The molecule has 1 heterocycles. The first-order chi connectivity index (χ1) is 8.70. The van der Waals surface area contributed by atoms with Gasteiger partial charge in [0.15, 0.2) is 0 Å². The van der Waals surface area contributed by atoms with Gasteiger partial charge in [-0.3, -0.25) is 4.79 Å². The van der Waals surface area contributed by atoms with E-state index < -0.39 is 5.82 Å². The van der Waals surface area contributed by atoms with Crippen LogP contribution >= 0.6 is 12.4 Å². The lowest BCUT2D eigenvalue weighted by Crippen LogP contribution is -2.34. The quantitative estimate of drug-likeness (QED) is 0.896. The van der Waals surface area contributed by atoms with Gasteiger partial charge in [0.2, 0.25) is 5.91 Å². The molecule has 0 aromatic heterocycles. The summed E-state index contributed by atoms with van der Waals surface area (Å²) < 4.78 is 18.6. The highest BCUT2D eigenvalue weighted by atomic mass is 35.5. The van der Waals surface area contributed by atoms with Gasteiger partial charge in [-0.1, -0.05) is 0 Å². The molecular formula is C13H18ClFN2O2. The molecule has 4 nitrogen and oxygen atoms in total. The number of benzene rings is 1. The van der Waals surface area contributed by atoms with E-state index in [1.807, 2.05) is 0 Å². The number of hydrogen-bond donors (Lipinski definition) is 2. The smallest absolute Gasteiger partial charge is 0.227 e. The number of ether oxygens (including phenoxy) is 1. The van der Waals surface area contributed by atoms with Gasteiger partial charge in [0, 0.05) is 12.0 Å². The van der Waals surface area contributed by atoms with Crippen LogP contribution in [0.1, 0.15) is 12.8 Å². The van der Waals surface area contributed by atoms with Crippen molar-refractivity contribution in [2.45, 2.75) is 12.8 Å². The maximum absolute atomic E-state index is 13.6. The molecule has 1 amide bonds. The van der Waals surface area contributed by atoms with Gasteiger partial charge >= 0.3 is 0 Å². The summed E-state index contributed by atoms with van der Waals surface area (Å²) in [5.41, 5.74) is 0.179. The van der Waals surface area contributed by atoms with Crippen molar-refractivity contribution < 1.29 is 13.9 Å². The lowest BCUT2D eigenvalue weighted by molar-refractivity contribution is -0.120. The third-order valence-corrected chi connectivity index (χ3v) is 3.14. The lowest BCUT2D eigenvalue weighted by Gasteiger charge is -2.21. The molecule has 6 heteroatoms. The Bertz CT molecular complexity index is 437. The standard InChI is InChI=1S/C13H17FN2O2.ClH/c1-18-10-2-3-11(14)12(8-10)16-13(17)9-4-6-15-7-5-9;/h2-3,8-9,15H,4-7H2,1H3,(H,16,17);1H. The van der Waals surface area contributed by atoms with Gasteiger partial charge in [-0.05, 0) is 38.1 Å². The Balaban J connectivity index is 0.00000180. The number of methoxy groups -OCH3 is 1. The molecule has 1 saturated heterocycles. The van der Waals surface area contributed by atoms with Crippen molar-refractivity contribution in [1.29, 1.82) is 0 Å². The predicted molar refractivity (Wildman–Crippen MR) is 74.4 cm³/mol. The number of nitrogens with one attached hydrogen (secondary N) is 2. The van der Waals surface area contributed by atoms with Crippen LogP contribution in [0.25, 0.3) is 0 Å². The normalized spacial score (nSPS) is 15.5. The van der Waals surface area contributed by atoms with Gasteiger partial charge in [-0.25, -0.2) is 4.39 Å². The predicted octanol–water partition coefficient (Wildman–Crippen LogP) is 2.19. The molecule has 0 saturated carbocycles. The Morgan fingerprint density at radius 2 is 2.11 bits per heavy atom. The van der Waals surface area contributed by atoms with Gasteiger partial charge in [0.05, 0.1) is 12.8 Å². The minimum absolute atomic E-state index is 0. The van der Waals surface area contributed by atoms with E-state index in [4.69, 9.17) is 4.74 Å². The van der Waals surface area contributed by atoms with Crippen molar-refractivity contribution in [3.63, 3.8) is 0 Å². The zero-order valence-corrected chi connectivity index (χ0v) is 11.6. The van der Waals surface area contributed by atoms with E-state index in [9.17, 15) is 9.18 Å². The highest BCUT2D eigenvalue weighted by Gasteiger charge is 2.21. The molecule has 1 fully saturated rings. The fourth-order valence-electron chi connectivity index (χ4n) is 2.05. The molecule has 106 valence electrons. The number of hydrogen-bond acceptors (Lipinski definition) is 3. The van der Waals surface area contributed by atoms with E-state index in [0.29, 0.717) is 5.75 Å². The SMILES string of the molecule is COc1ccc(F)c(NC(=O)C2CCNCC2)c1.Cl. The Morgan fingerprint density at radius 1 is 1.42 bits per heavy atom. The van der Waals surface area contributed by atoms with Crippen LogP contribution in [-0.2, 0) is 4.79 Å². The van der Waals surface area contributed by atoms with Gasteiger partial charge in [0.1, 0.15) is 11.6 Å². The lowest BCUT2D eigenvalue weighted by atomic mass is 9.97.